The van der Waals surface area contributed by atoms with E-state index in [1.165, 1.54) is 17.9 Å². The number of nitrogens with one attached hydrogen (secondary N) is 2. The number of aromatic nitrogens is 1. The van der Waals surface area contributed by atoms with Crippen molar-refractivity contribution in [1.82, 2.24) is 10.3 Å². The maximum absolute atomic E-state index is 14.4. The summed E-state index contributed by atoms with van der Waals surface area (Å²) in [5.74, 6) is -0.641. The van der Waals surface area contributed by atoms with Crippen LogP contribution in [0.15, 0.2) is 42.7 Å². The SMILES string of the molecule is CC(=O)NC[C@H]1CN(c2ccc(NCCc3ccncc3)c(F)c2)C(=O)O1. The summed E-state index contributed by atoms with van der Waals surface area (Å²) < 4.78 is 19.6. The third-order valence-electron chi connectivity index (χ3n) is 4.20. The van der Waals surface area contributed by atoms with Gasteiger partial charge in [0, 0.05) is 25.9 Å². The highest BCUT2D eigenvalue weighted by Crippen LogP contribution is 2.26. The fourth-order valence-electron chi connectivity index (χ4n) is 2.80. The second-order valence-electron chi connectivity index (χ2n) is 6.25. The van der Waals surface area contributed by atoms with Crippen molar-refractivity contribution in [2.75, 3.05) is 29.9 Å². The minimum absolute atomic E-state index is 0.197. The van der Waals surface area contributed by atoms with Gasteiger partial charge in [0.1, 0.15) is 11.9 Å². The van der Waals surface area contributed by atoms with Crippen LogP contribution in [0, 0.1) is 5.82 Å². The number of pyridine rings is 1. The smallest absolute Gasteiger partial charge is 0.414 e. The number of nitrogens with zero attached hydrogens (tertiary/aromatic N) is 2. The number of benzene rings is 1. The summed E-state index contributed by atoms with van der Waals surface area (Å²) in [6.07, 6.45) is 3.18. The molecule has 1 aliphatic heterocycles. The molecular formula is C19H21FN4O3. The molecule has 27 heavy (non-hydrogen) atoms. The summed E-state index contributed by atoms with van der Waals surface area (Å²) in [5.41, 5.74) is 1.90. The third-order valence-corrected chi connectivity index (χ3v) is 4.20. The van der Waals surface area contributed by atoms with E-state index < -0.39 is 18.0 Å². The molecule has 7 nitrogen and oxygen atoms in total. The zero-order valence-electron chi connectivity index (χ0n) is 14.9. The van der Waals surface area contributed by atoms with Gasteiger partial charge in [-0.05, 0) is 42.3 Å². The molecule has 0 radical (unpaired) electrons. The summed E-state index contributed by atoms with van der Waals surface area (Å²) in [6, 6.07) is 8.40. The van der Waals surface area contributed by atoms with Crippen LogP contribution in [0.1, 0.15) is 12.5 Å². The molecule has 0 bridgehead atoms. The Morgan fingerprint density at radius 1 is 1.33 bits per heavy atom. The molecule has 1 atom stereocenters. The Kier molecular flexibility index (Phi) is 5.85. The predicted molar refractivity (Wildman–Crippen MR) is 99.1 cm³/mol. The summed E-state index contributed by atoms with van der Waals surface area (Å²) in [6.45, 7) is 2.46. The van der Waals surface area contributed by atoms with Gasteiger partial charge in [0.15, 0.2) is 0 Å². The van der Waals surface area contributed by atoms with Crippen molar-refractivity contribution in [2.24, 2.45) is 0 Å². The first kappa shape index (κ1) is 18.6. The quantitative estimate of drug-likeness (QED) is 0.779. The molecule has 1 aromatic heterocycles. The van der Waals surface area contributed by atoms with Gasteiger partial charge in [-0.2, -0.15) is 0 Å². The third kappa shape index (κ3) is 4.93. The summed E-state index contributed by atoms with van der Waals surface area (Å²) in [7, 11) is 0. The Hall–Kier alpha value is -3.16. The van der Waals surface area contributed by atoms with Gasteiger partial charge in [-0.1, -0.05) is 0 Å². The van der Waals surface area contributed by atoms with Crippen LogP contribution in [0.5, 0.6) is 0 Å². The number of rotatable bonds is 7. The van der Waals surface area contributed by atoms with Crippen molar-refractivity contribution in [3.8, 4) is 0 Å². The lowest BCUT2D eigenvalue weighted by Crippen LogP contribution is -2.33. The number of cyclic esters (lactones) is 1. The normalized spacial score (nSPS) is 16.1. The number of hydrogen-bond donors (Lipinski definition) is 2. The average molecular weight is 372 g/mol. The number of hydrogen-bond acceptors (Lipinski definition) is 5. The van der Waals surface area contributed by atoms with Gasteiger partial charge in [0.25, 0.3) is 0 Å². The molecule has 0 aliphatic carbocycles. The monoisotopic (exact) mass is 372 g/mol. The molecule has 1 aromatic carbocycles. The summed E-state index contributed by atoms with van der Waals surface area (Å²) >= 11 is 0. The summed E-state index contributed by atoms with van der Waals surface area (Å²) in [4.78, 5) is 28.3. The number of ether oxygens (including phenoxy) is 1. The first-order chi connectivity index (χ1) is 13.0. The van der Waals surface area contributed by atoms with Crippen molar-refractivity contribution in [3.05, 3.63) is 54.1 Å². The average Bonchev–Trinajstić information content (AvgIpc) is 3.03. The molecule has 1 saturated heterocycles. The van der Waals surface area contributed by atoms with Crippen molar-refractivity contribution in [2.45, 2.75) is 19.4 Å². The molecule has 142 valence electrons. The van der Waals surface area contributed by atoms with Crippen LogP contribution < -0.4 is 15.5 Å². The van der Waals surface area contributed by atoms with E-state index in [4.69, 9.17) is 4.74 Å². The molecule has 2 heterocycles. The molecule has 2 aromatic rings. The van der Waals surface area contributed by atoms with E-state index in [-0.39, 0.29) is 19.0 Å². The van der Waals surface area contributed by atoms with Crippen molar-refractivity contribution < 1.29 is 18.7 Å². The van der Waals surface area contributed by atoms with Gasteiger partial charge in [-0.25, -0.2) is 9.18 Å². The lowest BCUT2D eigenvalue weighted by Gasteiger charge is -2.15. The zero-order chi connectivity index (χ0) is 19.2. The van der Waals surface area contributed by atoms with Gasteiger partial charge >= 0.3 is 6.09 Å². The van der Waals surface area contributed by atoms with Crippen LogP contribution in [0.25, 0.3) is 0 Å². The highest BCUT2D eigenvalue weighted by molar-refractivity contribution is 5.90. The molecule has 1 aliphatic rings. The fraction of sp³-hybridized carbons (Fsp3) is 0.316. The molecular weight excluding hydrogens is 351 g/mol. The van der Waals surface area contributed by atoms with Crippen LogP contribution in [0.4, 0.5) is 20.6 Å². The van der Waals surface area contributed by atoms with Crippen molar-refractivity contribution >= 4 is 23.4 Å². The first-order valence-electron chi connectivity index (χ1n) is 8.68. The highest BCUT2D eigenvalue weighted by atomic mass is 19.1. The van der Waals surface area contributed by atoms with Gasteiger partial charge in [-0.15, -0.1) is 0 Å². The molecule has 0 unspecified atom stereocenters. The van der Waals surface area contributed by atoms with Crippen molar-refractivity contribution in [1.29, 1.82) is 0 Å². The van der Waals surface area contributed by atoms with Crippen molar-refractivity contribution in [3.63, 3.8) is 0 Å². The van der Waals surface area contributed by atoms with Gasteiger partial charge < -0.3 is 15.4 Å². The first-order valence-corrected chi connectivity index (χ1v) is 8.68. The Morgan fingerprint density at radius 3 is 2.81 bits per heavy atom. The van der Waals surface area contributed by atoms with Crippen LogP contribution in [0.2, 0.25) is 0 Å². The van der Waals surface area contributed by atoms with E-state index in [0.717, 1.165) is 12.0 Å². The predicted octanol–water partition coefficient (Wildman–Crippen LogP) is 2.34. The van der Waals surface area contributed by atoms with Crippen LogP contribution >= 0.6 is 0 Å². The number of amides is 2. The Balaban J connectivity index is 1.57. The maximum atomic E-state index is 14.4. The number of anilines is 2. The molecule has 3 rings (SSSR count). The second-order valence-corrected chi connectivity index (χ2v) is 6.25. The van der Waals surface area contributed by atoms with Crippen LogP contribution in [0.3, 0.4) is 0 Å². The topological polar surface area (TPSA) is 83.6 Å². The Bertz CT molecular complexity index is 816. The van der Waals surface area contributed by atoms with E-state index in [0.29, 0.717) is 17.9 Å². The number of halogens is 1. The molecule has 8 heteroatoms. The highest BCUT2D eigenvalue weighted by Gasteiger charge is 2.32. The van der Waals surface area contributed by atoms with E-state index in [9.17, 15) is 14.0 Å². The minimum Gasteiger partial charge on any atom is -0.442 e. The Labute approximate surface area is 156 Å². The van der Waals surface area contributed by atoms with E-state index in [2.05, 4.69) is 15.6 Å². The summed E-state index contributed by atoms with van der Waals surface area (Å²) in [5, 5.41) is 5.66. The van der Waals surface area contributed by atoms with Gasteiger partial charge in [0.05, 0.1) is 24.5 Å². The van der Waals surface area contributed by atoms with E-state index in [1.807, 2.05) is 12.1 Å². The molecule has 0 spiro atoms. The molecule has 2 amide bonds. The lowest BCUT2D eigenvalue weighted by molar-refractivity contribution is -0.119. The fourth-order valence-corrected chi connectivity index (χ4v) is 2.80. The minimum atomic E-state index is -0.553. The number of carbonyl (C=O) groups is 2. The molecule has 2 N–H and O–H groups in total. The van der Waals surface area contributed by atoms with Gasteiger partial charge in [0.2, 0.25) is 5.91 Å². The molecule has 0 saturated carbocycles. The Morgan fingerprint density at radius 2 is 2.11 bits per heavy atom. The zero-order valence-corrected chi connectivity index (χ0v) is 14.9. The largest absolute Gasteiger partial charge is 0.442 e. The van der Waals surface area contributed by atoms with E-state index in [1.54, 1.807) is 24.5 Å². The van der Waals surface area contributed by atoms with Crippen LogP contribution in [-0.2, 0) is 16.0 Å². The van der Waals surface area contributed by atoms with Gasteiger partial charge in [-0.3, -0.25) is 14.7 Å². The van der Waals surface area contributed by atoms with Crippen LogP contribution in [-0.4, -0.2) is 42.7 Å². The number of carbonyl (C=O) groups excluding carboxylic acids is 2. The maximum Gasteiger partial charge on any atom is 0.414 e. The molecule has 1 fully saturated rings. The van der Waals surface area contributed by atoms with E-state index >= 15 is 0 Å². The second kappa shape index (κ2) is 8.48. The lowest BCUT2D eigenvalue weighted by atomic mass is 10.2. The standard InChI is InChI=1S/C19H21FN4O3/c1-13(25)23-11-16-12-24(19(26)27-16)15-2-3-18(17(20)10-15)22-9-6-14-4-7-21-8-5-14/h2-5,7-8,10,16,22H,6,9,11-12H2,1H3,(H,23,25)/t16-/m0/s1.